The van der Waals surface area contributed by atoms with Crippen molar-refractivity contribution in [3.63, 3.8) is 0 Å². The molecule has 0 aliphatic heterocycles. The van der Waals surface area contributed by atoms with Gasteiger partial charge in [-0.1, -0.05) is 17.3 Å². The number of urea groups is 1. The topological polar surface area (TPSA) is 193 Å². The van der Waals surface area contributed by atoms with Crippen LogP contribution in [0.1, 0.15) is 60.6 Å². The number of quaternary nitrogens is 1. The number of halogens is 3. The largest absolute Gasteiger partial charge is 0.531 e. The highest BCUT2D eigenvalue weighted by atomic mass is 19.4. The second-order valence-corrected chi connectivity index (χ2v) is 11.4. The molecule has 18 heteroatoms. The highest BCUT2D eigenvalue weighted by Crippen LogP contribution is 2.17. The Morgan fingerprint density at radius 1 is 0.978 bits per heavy atom. The summed E-state index contributed by atoms with van der Waals surface area (Å²) in [7, 11) is 2.96. The van der Waals surface area contributed by atoms with Crippen LogP contribution in [0.25, 0.3) is 0 Å². The van der Waals surface area contributed by atoms with E-state index in [0.29, 0.717) is 30.6 Å². The first-order valence-electron chi connectivity index (χ1n) is 14.3. The van der Waals surface area contributed by atoms with Crippen LogP contribution in [0.5, 0.6) is 0 Å². The van der Waals surface area contributed by atoms with Crippen LogP contribution in [0, 0.1) is 0 Å². The number of aromatic nitrogens is 3. The molecule has 0 saturated heterocycles. The molecule has 0 aliphatic carbocycles. The van der Waals surface area contributed by atoms with Crippen molar-refractivity contribution >= 4 is 36.6 Å². The molecule has 0 saturated carbocycles. The Labute approximate surface area is 258 Å². The van der Waals surface area contributed by atoms with Crippen molar-refractivity contribution in [3.05, 3.63) is 47.3 Å². The van der Waals surface area contributed by atoms with Gasteiger partial charge in [0.15, 0.2) is 5.78 Å². The number of carbonyl (C=O) groups excluding carboxylic acids is 3. The molecule has 2 atom stereocenters. The van der Waals surface area contributed by atoms with E-state index in [1.54, 1.807) is 30.5 Å². The number of aliphatic carboxylic acids is 2. The summed E-state index contributed by atoms with van der Waals surface area (Å²) in [5.74, 6) is -3.23. The highest BCUT2D eigenvalue weighted by molar-refractivity contribution is 6.58. The summed E-state index contributed by atoms with van der Waals surface area (Å²) in [6.45, 7) is -3.14. The zero-order valence-electron chi connectivity index (χ0n) is 25.3. The molecule has 0 spiro atoms. The number of hydrogen-bond acceptors (Lipinski definition) is 7. The number of carbonyl (C=O) groups is 5. The fourth-order valence-corrected chi connectivity index (χ4v) is 4.54. The van der Waals surface area contributed by atoms with Gasteiger partial charge in [-0.25, -0.2) is 14.3 Å². The summed E-state index contributed by atoms with van der Waals surface area (Å²) in [6.07, 6.45) is 1.000. The second kappa shape index (κ2) is 16.6. The van der Waals surface area contributed by atoms with Crippen LogP contribution in [-0.2, 0) is 27.5 Å². The molecule has 2 aromatic rings. The van der Waals surface area contributed by atoms with Crippen molar-refractivity contribution < 1.29 is 51.6 Å². The molecule has 0 unspecified atom stereocenters. The molecule has 0 fully saturated rings. The number of carboxylic acids is 2. The third kappa shape index (κ3) is 14.2. The molecular weight excluding hydrogens is 602 g/mol. The van der Waals surface area contributed by atoms with Gasteiger partial charge in [0, 0.05) is 18.5 Å². The van der Waals surface area contributed by atoms with Crippen molar-refractivity contribution in [1.29, 1.82) is 0 Å². The number of nitrogens with one attached hydrogen (secondary N) is 3. The van der Waals surface area contributed by atoms with E-state index in [4.69, 9.17) is 5.11 Å². The van der Waals surface area contributed by atoms with Crippen LogP contribution in [0.2, 0.25) is 0 Å². The fourth-order valence-electron chi connectivity index (χ4n) is 4.54. The molecule has 1 aromatic heterocycles. The minimum Gasteiger partial charge on any atom is -0.481 e. The van der Waals surface area contributed by atoms with E-state index in [-0.39, 0.29) is 42.7 Å². The summed E-state index contributed by atoms with van der Waals surface area (Å²) >= 11 is 0. The first kappa shape index (κ1) is 36.7. The van der Waals surface area contributed by atoms with Gasteiger partial charge in [0.2, 0.25) is 0 Å². The summed E-state index contributed by atoms with van der Waals surface area (Å²) in [6, 6.07) is 3.44. The number of nitrogens with zero attached hydrogens (tertiary/aromatic N) is 4. The van der Waals surface area contributed by atoms with Crippen molar-refractivity contribution in [2.45, 2.75) is 64.2 Å². The standard InChI is InChI=1S/C27H39BF3N7O7/c1-18(39)22(11-12-24(40)41)33-27(45)34-23(26(43)44)6-4-5-13-32-25(42)20-9-7-19(8-10-20)14-37-15-21(35-36-37)16-38(2,3)17-28(29,30)31/h7-10,15,22-23H,4-6,11-14,16-17H2,1-3H3,(H,32,42)(H,40,41)(H,43,44)(H2,33,34,45)/t22-,23-/m0/s1. The van der Waals surface area contributed by atoms with E-state index < -0.39 is 49.3 Å². The second-order valence-electron chi connectivity index (χ2n) is 11.4. The predicted molar refractivity (Wildman–Crippen MR) is 156 cm³/mol. The third-order valence-electron chi connectivity index (χ3n) is 6.69. The maximum absolute atomic E-state index is 12.8. The number of benzene rings is 1. The number of rotatable bonds is 19. The maximum Gasteiger partial charge on any atom is 0.531 e. The van der Waals surface area contributed by atoms with E-state index in [1.165, 1.54) is 25.7 Å². The van der Waals surface area contributed by atoms with Gasteiger partial charge in [-0.3, -0.25) is 14.4 Å². The zero-order valence-corrected chi connectivity index (χ0v) is 25.3. The molecule has 3 amide bonds. The zero-order chi connectivity index (χ0) is 33.8. The average molecular weight is 641 g/mol. The number of ketones is 1. The first-order valence-corrected chi connectivity index (χ1v) is 14.3. The number of amides is 3. The Morgan fingerprint density at radius 2 is 1.62 bits per heavy atom. The van der Waals surface area contributed by atoms with Crippen LogP contribution < -0.4 is 16.0 Å². The van der Waals surface area contributed by atoms with Crippen LogP contribution >= 0.6 is 0 Å². The molecule has 5 N–H and O–H groups in total. The third-order valence-corrected chi connectivity index (χ3v) is 6.69. The predicted octanol–water partition coefficient (Wildman–Crippen LogP) is 1.76. The Balaban J connectivity index is 1.77. The van der Waals surface area contributed by atoms with Gasteiger partial charge >= 0.3 is 24.9 Å². The lowest BCUT2D eigenvalue weighted by Crippen LogP contribution is -2.50. The molecule has 14 nitrogen and oxygen atoms in total. The minimum absolute atomic E-state index is 0.0524. The van der Waals surface area contributed by atoms with Crippen LogP contribution in [0.3, 0.4) is 0 Å². The smallest absolute Gasteiger partial charge is 0.481 e. The molecule has 2 rings (SSSR count). The molecule has 0 bridgehead atoms. The van der Waals surface area contributed by atoms with E-state index >= 15 is 0 Å². The summed E-state index contributed by atoms with van der Waals surface area (Å²) < 4.78 is 39.7. The Kier molecular flexibility index (Phi) is 13.5. The van der Waals surface area contributed by atoms with Gasteiger partial charge in [-0.15, -0.1) is 5.10 Å². The van der Waals surface area contributed by atoms with E-state index in [2.05, 4.69) is 26.3 Å². The Hall–Kier alpha value is -4.48. The number of hydrogen-bond donors (Lipinski definition) is 5. The minimum atomic E-state index is -4.94. The van der Waals surface area contributed by atoms with Crippen molar-refractivity contribution in [3.8, 4) is 0 Å². The Bertz CT molecular complexity index is 1340. The van der Waals surface area contributed by atoms with Crippen molar-refractivity contribution in [1.82, 2.24) is 30.9 Å². The van der Waals surface area contributed by atoms with Crippen molar-refractivity contribution in [2.75, 3.05) is 27.1 Å². The van der Waals surface area contributed by atoms with Crippen LogP contribution in [0.15, 0.2) is 30.5 Å². The van der Waals surface area contributed by atoms with Gasteiger partial charge in [-0.2, -0.15) is 0 Å². The quantitative estimate of drug-likeness (QED) is 0.0864. The highest BCUT2D eigenvalue weighted by Gasteiger charge is 2.34. The lowest BCUT2D eigenvalue weighted by atomic mass is 9.90. The number of Topliss-reactive ketones (excluding diaryl/α,β-unsaturated/α-hetero) is 1. The molecule has 1 heterocycles. The summed E-state index contributed by atoms with van der Waals surface area (Å²) in [5, 5.41) is 33.5. The molecule has 0 aliphatic rings. The van der Waals surface area contributed by atoms with E-state index in [9.17, 15) is 42.0 Å². The first-order chi connectivity index (χ1) is 20.9. The molecule has 1 aromatic carbocycles. The molecular formula is C27H39BF3N7O7. The summed E-state index contributed by atoms with van der Waals surface area (Å²) in [4.78, 5) is 58.7. The SMILES string of the molecule is CC(=O)[C@H](CCC(=O)O)NC(=O)N[C@@H](CCCCNC(=O)c1ccc(Cn2cc(C[N+](C)(C)C[B-](F)(F)F)nn2)cc1)C(=O)O. The fraction of sp³-hybridized carbons (Fsp3) is 0.519. The molecule has 45 heavy (non-hydrogen) atoms. The van der Waals surface area contributed by atoms with Crippen molar-refractivity contribution in [2.24, 2.45) is 0 Å². The number of unbranched alkanes of at least 4 members (excludes halogenated alkanes) is 1. The lowest BCUT2D eigenvalue weighted by Gasteiger charge is -2.33. The van der Waals surface area contributed by atoms with Gasteiger partial charge in [0.05, 0.1) is 39.3 Å². The maximum atomic E-state index is 12.8. The normalized spacial score (nSPS) is 13.0. The molecule has 0 radical (unpaired) electrons. The molecule has 248 valence electrons. The lowest BCUT2D eigenvalue weighted by molar-refractivity contribution is -0.895. The van der Waals surface area contributed by atoms with Crippen LogP contribution in [0.4, 0.5) is 17.7 Å². The monoisotopic (exact) mass is 641 g/mol. The summed E-state index contributed by atoms with van der Waals surface area (Å²) in [5.41, 5.74) is 1.61. The van der Waals surface area contributed by atoms with Gasteiger partial charge < -0.3 is 43.6 Å². The van der Waals surface area contributed by atoms with Gasteiger partial charge in [0.25, 0.3) is 5.91 Å². The van der Waals surface area contributed by atoms with E-state index in [1.807, 2.05) is 0 Å². The van der Waals surface area contributed by atoms with Crippen LogP contribution in [-0.4, -0.2) is 105 Å². The number of carboxylic acid groups (broad SMARTS) is 2. The van der Waals surface area contributed by atoms with E-state index in [0.717, 1.165) is 5.56 Å². The Morgan fingerprint density at radius 3 is 2.20 bits per heavy atom. The van der Waals surface area contributed by atoms with Gasteiger partial charge in [-0.05, 0) is 50.3 Å². The van der Waals surface area contributed by atoms with Gasteiger partial charge in [0.1, 0.15) is 18.3 Å². The average Bonchev–Trinajstić information content (AvgIpc) is 3.34.